The maximum atomic E-state index is 13.5. The first kappa shape index (κ1) is 40.4. The Bertz CT molecular complexity index is 1070. The maximum Gasteiger partial charge on any atom is 0.460 e. The molecule has 42 heavy (non-hydrogen) atoms. The van der Waals surface area contributed by atoms with Gasteiger partial charge in [-0.25, -0.2) is 8.78 Å². The minimum absolute atomic E-state index is 2.00. The van der Waals surface area contributed by atoms with Gasteiger partial charge < -0.3 is 9.47 Å². The monoisotopic (exact) mass is 718 g/mol. The molecule has 0 bridgehead atoms. The summed E-state index contributed by atoms with van der Waals surface area (Å²) in [6, 6.07) is 0. The van der Waals surface area contributed by atoms with E-state index in [-0.39, 0.29) is 0 Å². The largest absolute Gasteiger partial charge is 0.460 e. The van der Waals surface area contributed by atoms with Gasteiger partial charge in [0.05, 0.1) is 0 Å². The first-order chi connectivity index (χ1) is 17.9. The number of alkyl halides is 18. The summed E-state index contributed by atoms with van der Waals surface area (Å²) in [5.74, 6) is -12.9. The average Bonchev–Trinajstić information content (AvgIpc) is 2.74. The molecule has 2 atom stereocenters. The molecule has 2 N–H and O–H groups in total. The fourth-order valence-corrected chi connectivity index (χ4v) is 2.25. The van der Waals surface area contributed by atoms with Crippen molar-refractivity contribution in [3.63, 3.8) is 0 Å². The van der Waals surface area contributed by atoms with Gasteiger partial charge in [-0.05, 0) is 0 Å². The Labute approximate surface area is 217 Å². The fraction of sp³-hybridized carbons (Fsp3) is 1.00. The second-order valence-electron chi connectivity index (χ2n) is 6.99. The third-order valence-corrected chi connectivity index (χ3v) is 5.56. The van der Waals surface area contributed by atoms with Crippen LogP contribution in [-0.4, -0.2) is 98.7 Å². The van der Waals surface area contributed by atoms with Crippen LogP contribution in [0.15, 0.2) is 0 Å². The molecule has 0 aromatic rings. The molecule has 254 valence electrons. The number of rotatable bonds is 17. The fourth-order valence-electron chi connectivity index (χ4n) is 1.55. The van der Waals surface area contributed by atoms with Crippen molar-refractivity contribution in [1.82, 2.24) is 0 Å². The second-order valence-corrected chi connectivity index (χ2v) is 9.92. The van der Waals surface area contributed by atoms with Gasteiger partial charge in [0.25, 0.3) is 12.7 Å². The van der Waals surface area contributed by atoms with Crippen LogP contribution in [0, 0.1) is 0 Å². The molecular weight excluding hydrogens is 710 g/mol. The summed E-state index contributed by atoms with van der Waals surface area (Å²) >= 11 is 0. The van der Waals surface area contributed by atoms with E-state index in [1.165, 1.54) is 0 Å². The van der Waals surface area contributed by atoms with E-state index in [4.69, 9.17) is 9.11 Å². The van der Waals surface area contributed by atoms with Gasteiger partial charge in [-0.2, -0.15) is 87.1 Å². The molecule has 0 aromatic heterocycles. The van der Waals surface area contributed by atoms with Gasteiger partial charge in [0, 0.05) is 0 Å². The molecule has 0 heterocycles. The van der Waals surface area contributed by atoms with Crippen LogP contribution in [0.25, 0.3) is 0 Å². The summed E-state index contributed by atoms with van der Waals surface area (Å²) in [6.45, 7) is -7.44. The lowest BCUT2D eigenvalue weighted by Gasteiger charge is -2.32. The first-order valence-corrected chi connectivity index (χ1v) is 11.7. The topological polar surface area (TPSA) is 146 Å². The normalized spacial score (nSPS) is 17.3. The standard InChI is InChI=1S/C12H8F18O10S2/c13-3(39-9(23,24)11(27,28)41(31,32)33)7(19,20)37-1-5(15,16)6(17,18)2-38-8(21,22)4(14)40-10(25,26)12(29,30)42(34,35)36/h3-4H,1-2H2,(H,31,32,33)(H,34,35,36). The molecule has 10 nitrogen and oxygen atoms in total. The predicted molar refractivity (Wildman–Crippen MR) is 86.5 cm³/mol. The van der Waals surface area contributed by atoms with Gasteiger partial charge in [0.2, 0.25) is 0 Å². The van der Waals surface area contributed by atoms with Crippen molar-refractivity contribution in [3.8, 4) is 0 Å². The third-order valence-electron chi connectivity index (χ3n) is 3.78. The molecule has 0 amide bonds. The first-order valence-electron chi connectivity index (χ1n) is 8.80. The lowest BCUT2D eigenvalue weighted by molar-refractivity contribution is -0.429. The summed E-state index contributed by atoms with van der Waals surface area (Å²) in [6.07, 6.45) is -37.7. The molecule has 0 spiro atoms. The van der Waals surface area contributed by atoms with Crippen molar-refractivity contribution in [2.45, 2.75) is 59.5 Å². The van der Waals surface area contributed by atoms with E-state index in [0.29, 0.717) is 0 Å². The van der Waals surface area contributed by atoms with Gasteiger partial charge >= 0.3 is 67.0 Å². The molecule has 30 heteroatoms. The molecule has 0 aliphatic carbocycles. The molecule has 0 saturated heterocycles. The Balaban J connectivity index is 5.59. The molecule has 0 rings (SSSR count). The highest BCUT2D eigenvalue weighted by atomic mass is 32.2. The average molecular weight is 718 g/mol. The van der Waals surface area contributed by atoms with Crippen molar-refractivity contribution in [1.29, 1.82) is 0 Å². The second kappa shape index (κ2) is 11.7. The summed E-state index contributed by atoms with van der Waals surface area (Å²) in [4.78, 5) is 0. The highest BCUT2D eigenvalue weighted by Gasteiger charge is 2.71. The van der Waals surface area contributed by atoms with Crippen LogP contribution < -0.4 is 0 Å². The number of hydrogen-bond acceptors (Lipinski definition) is 8. The van der Waals surface area contributed by atoms with E-state index in [1.807, 2.05) is 9.47 Å². The lowest BCUT2D eigenvalue weighted by Crippen LogP contribution is -2.55. The summed E-state index contributed by atoms with van der Waals surface area (Å²) in [7, 11) is -14.5. The number of halogens is 18. The minimum Gasteiger partial charge on any atom is -0.310 e. The van der Waals surface area contributed by atoms with Crippen LogP contribution in [0.2, 0.25) is 0 Å². The van der Waals surface area contributed by atoms with Gasteiger partial charge in [-0.3, -0.25) is 18.6 Å². The lowest BCUT2D eigenvalue weighted by atomic mass is 10.2. The van der Waals surface area contributed by atoms with Crippen LogP contribution >= 0.6 is 0 Å². The van der Waals surface area contributed by atoms with Gasteiger partial charge in [0.15, 0.2) is 0 Å². The summed E-state index contributed by atoms with van der Waals surface area (Å²) in [5.41, 5.74) is 0. The highest BCUT2D eigenvalue weighted by molar-refractivity contribution is 7.87. The summed E-state index contributed by atoms with van der Waals surface area (Å²) < 4.78 is 302. The molecule has 0 aliphatic rings. The van der Waals surface area contributed by atoms with Crippen molar-refractivity contribution >= 4 is 20.2 Å². The van der Waals surface area contributed by atoms with Crippen LogP contribution in [-0.2, 0) is 39.2 Å². The minimum atomic E-state index is -7.26. The van der Waals surface area contributed by atoms with E-state index in [0.717, 1.165) is 0 Å². The zero-order chi connectivity index (χ0) is 34.4. The Morgan fingerprint density at radius 1 is 0.500 bits per heavy atom. The van der Waals surface area contributed by atoms with E-state index < -0.39 is 93.0 Å². The van der Waals surface area contributed by atoms with Crippen molar-refractivity contribution in [2.75, 3.05) is 13.2 Å². The number of hydrogen-bond donors (Lipinski definition) is 2. The third kappa shape index (κ3) is 8.52. The zero-order valence-corrected chi connectivity index (χ0v) is 20.0. The SMILES string of the molecule is O=S(=O)(O)C(F)(F)C(F)(F)OC(F)C(F)(F)OCC(F)(F)C(F)(F)COC(F)(F)C(F)OC(F)(F)C(F)(F)S(=O)(=O)O. The summed E-state index contributed by atoms with van der Waals surface area (Å²) in [5, 5.41) is -13.8. The van der Waals surface area contributed by atoms with Gasteiger partial charge in [-0.15, -0.1) is 0 Å². The van der Waals surface area contributed by atoms with E-state index in [1.54, 1.807) is 0 Å². The molecule has 0 saturated carbocycles. The van der Waals surface area contributed by atoms with Crippen molar-refractivity contribution < 1.29 is 124 Å². The quantitative estimate of drug-likeness (QED) is 0.166. The number of ether oxygens (including phenoxy) is 4. The molecule has 0 fully saturated rings. The van der Waals surface area contributed by atoms with E-state index >= 15 is 0 Å². The Morgan fingerprint density at radius 3 is 0.905 bits per heavy atom. The Kier molecular flexibility index (Phi) is 11.3. The predicted octanol–water partition coefficient (Wildman–Crippen LogP) is 4.25. The highest BCUT2D eigenvalue weighted by Crippen LogP contribution is 2.45. The van der Waals surface area contributed by atoms with Crippen LogP contribution in [0.1, 0.15) is 0 Å². The Hall–Kier alpha value is -1.60. The van der Waals surface area contributed by atoms with Crippen LogP contribution in [0.3, 0.4) is 0 Å². The van der Waals surface area contributed by atoms with Crippen LogP contribution in [0.4, 0.5) is 79.0 Å². The van der Waals surface area contributed by atoms with Crippen LogP contribution in [0.5, 0.6) is 0 Å². The van der Waals surface area contributed by atoms with E-state index in [9.17, 15) is 95.9 Å². The van der Waals surface area contributed by atoms with Gasteiger partial charge in [0.1, 0.15) is 13.2 Å². The Morgan fingerprint density at radius 2 is 0.714 bits per heavy atom. The molecule has 0 aromatic carbocycles. The molecular formula is C12H8F18O10S2. The van der Waals surface area contributed by atoms with Crippen molar-refractivity contribution in [2.24, 2.45) is 0 Å². The smallest absolute Gasteiger partial charge is 0.310 e. The maximum absolute atomic E-state index is 13.5. The molecule has 0 aliphatic heterocycles. The zero-order valence-electron chi connectivity index (χ0n) is 18.3. The van der Waals surface area contributed by atoms with E-state index in [2.05, 4.69) is 9.47 Å². The molecule has 2 unspecified atom stereocenters. The van der Waals surface area contributed by atoms with Gasteiger partial charge in [-0.1, -0.05) is 0 Å². The van der Waals surface area contributed by atoms with Crippen molar-refractivity contribution in [3.05, 3.63) is 0 Å². The molecule has 0 radical (unpaired) electrons.